The fraction of sp³-hybridized carbons (Fsp3) is 0.407. The summed E-state index contributed by atoms with van der Waals surface area (Å²) < 4.78 is 57.1. The Labute approximate surface area is 442 Å². The molecule has 408 valence electrons. The van der Waals surface area contributed by atoms with Gasteiger partial charge in [-0.25, -0.2) is 19.5 Å². The van der Waals surface area contributed by atoms with Crippen molar-refractivity contribution in [2.24, 2.45) is 17.6 Å². The van der Waals surface area contributed by atoms with Crippen LogP contribution < -0.4 is 20.2 Å². The number of nitro groups is 1. The average Bonchev–Trinajstić information content (AvgIpc) is 3.41. The van der Waals surface area contributed by atoms with E-state index in [4.69, 9.17) is 49.8 Å². The van der Waals surface area contributed by atoms with Crippen molar-refractivity contribution in [1.82, 2.24) is 5.09 Å². The summed E-state index contributed by atoms with van der Waals surface area (Å²) in [6.07, 6.45) is 5.21. The normalized spacial score (nSPS) is 12.2. The lowest BCUT2D eigenvalue weighted by atomic mass is 10.1. The van der Waals surface area contributed by atoms with Crippen molar-refractivity contribution in [2.75, 3.05) is 13.2 Å². The maximum Gasteiger partial charge on any atom is 0.477 e. The number of hydrogen-bond donors (Lipinski definition) is 3. The summed E-state index contributed by atoms with van der Waals surface area (Å²) >= 11 is 5.70. The third kappa shape index (κ3) is 30.7. The van der Waals surface area contributed by atoms with E-state index < -0.39 is 37.7 Å². The molecule has 3 atom stereocenters. The van der Waals surface area contributed by atoms with Gasteiger partial charge in [-0.3, -0.25) is 33.3 Å². The molecule has 5 aromatic rings. The highest BCUT2D eigenvalue weighted by Gasteiger charge is 2.31. The van der Waals surface area contributed by atoms with Crippen LogP contribution >= 0.6 is 25.9 Å². The topological polar surface area (TPSA) is 234 Å². The lowest BCUT2D eigenvalue weighted by Gasteiger charge is -2.23. The lowest BCUT2D eigenvalue weighted by Crippen LogP contribution is -2.35. The van der Waals surface area contributed by atoms with E-state index in [9.17, 15) is 28.8 Å². The van der Waals surface area contributed by atoms with Crippen molar-refractivity contribution in [3.63, 3.8) is 0 Å². The number of benzene rings is 5. The highest BCUT2D eigenvalue weighted by molar-refractivity contribution is 7.81. The molecule has 0 saturated carbocycles. The zero-order chi connectivity index (χ0) is 55.2. The first-order chi connectivity index (χ1) is 35.4. The molecule has 5 rings (SSSR count). The van der Waals surface area contributed by atoms with Crippen LogP contribution in [0.2, 0.25) is 0 Å². The van der Waals surface area contributed by atoms with E-state index in [0.717, 1.165) is 42.4 Å². The summed E-state index contributed by atoms with van der Waals surface area (Å²) in [6, 6.07) is 40.3. The van der Waals surface area contributed by atoms with Gasteiger partial charge in [0.05, 0.1) is 38.0 Å². The highest BCUT2D eigenvalue weighted by Crippen LogP contribution is 2.54. The SMILES string of the molecule is CCC.CCC(CC)COC(=O)[C@H](C)N.CCC(CC)COC(=O)[C@H](C)NP(=O)(OCc1ccccc1)OCc1ccccc1.O=[N+]([O-])c1ccc(OP(=O)(Cl)OCc2ccccc2)cc1.OOc1ccccc1. The van der Waals surface area contributed by atoms with Gasteiger partial charge in [-0.1, -0.05) is 183 Å². The van der Waals surface area contributed by atoms with Crippen molar-refractivity contribution in [3.8, 4) is 11.5 Å². The van der Waals surface area contributed by atoms with Gasteiger partial charge < -0.3 is 24.6 Å². The van der Waals surface area contributed by atoms with Crippen LogP contribution in [-0.2, 0) is 61.6 Å². The molecule has 0 aromatic heterocycles. The monoisotopic (exact) mass is 1090 g/mol. The summed E-state index contributed by atoms with van der Waals surface area (Å²) in [5, 5.41) is 21.3. The molecule has 5 aromatic carbocycles. The van der Waals surface area contributed by atoms with Crippen LogP contribution in [0, 0.1) is 22.0 Å². The molecule has 0 radical (unpaired) electrons. The predicted molar refractivity (Wildman–Crippen MR) is 290 cm³/mol. The van der Waals surface area contributed by atoms with Gasteiger partial charge in [0.15, 0.2) is 5.75 Å². The maximum absolute atomic E-state index is 13.4. The average molecular weight is 1090 g/mol. The number of ether oxygens (including phenoxy) is 2. The molecular formula is C54H76ClN3O14P2. The van der Waals surface area contributed by atoms with E-state index >= 15 is 0 Å². The molecule has 0 spiro atoms. The van der Waals surface area contributed by atoms with Crippen molar-refractivity contribution in [2.45, 2.75) is 119 Å². The minimum atomic E-state index is -3.82. The second-order valence-corrected chi connectivity index (χ2v) is 20.7. The summed E-state index contributed by atoms with van der Waals surface area (Å²) in [6.45, 7) is 13.0. The molecule has 0 heterocycles. The number of carbonyl (C=O) groups excluding carboxylic acids is 2. The number of halogens is 1. The number of nitrogens with two attached hydrogens (primary N) is 1. The van der Waals surface area contributed by atoms with E-state index in [0.29, 0.717) is 30.8 Å². The maximum atomic E-state index is 13.4. The summed E-state index contributed by atoms with van der Waals surface area (Å²) in [5.41, 5.74) is 7.73. The molecule has 1 unspecified atom stereocenters. The van der Waals surface area contributed by atoms with Gasteiger partial charge in [-0.2, -0.15) is 0 Å². The van der Waals surface area contributed by atoms with E-state index in [1.54, 1.807) is 50.2 Å². The molecule has 0 fully saturated rings. The first kappa shape index (κ1) is 66.6. The number of carbonyl (C=O) groups is 2. The van der Waals surface area contributed by atoms with E-state index in [1.807, 2.05) is 84.9 Å². The van der Waals surface area contributed by atoms with Gasteiger partial charge in [0.1, 0.15) is 17.8 Å². The number of hydrogen-bond acceptors (Lipinski definition) is 15. The van der Waals surface area contributed by atoms with Crippen LogP contribution in [0.1, 0.15) is 104 Å². The molecule has 20 heteroatoms. The van der Waals surface area contributed by atoms with Gasteiger partial charge in [0.2, 0.25) is 0 Å². The standard InChI is InChI=1S/C23H32NO5P.C13H11ClNO5P.C9H19NO2.C6H6O2.C3H8/c1-4-20(5-2)16-27-23(25)19(3)24-30(26,28-17-21-12-8-6-9-13-21)29-18-22-14-10-7-11-15-22;14-21(18,19-10-11-4-2-1-3-5-11)20-13-8-6-12(7-9-13)15(16)17;1-4-8(5-2)6-12-9(11)7(3)10;7-8-6-4-2-1-3-5-6;1-3-2/h6-15,19-20H,4-5,16-18H2,1-3H3,(H,24,26);1-9H,10H2;7-8H,4-6,10H2,1-3H3;1-5,7H;3H2,1-2H3/t19-;;7-;;/m0.0../s1. The molecule has 17 nitrogen and oxygen atoms in total. The minimum absolute atomic E-state index is 0.0363. The first-order valence-electron chi connectivity index (χ1n) is 24.5. The second-order valence-electron chi connectivity index (χ2n) is 16.4. The summed E-state index contributed by atoms with van der Waals surface area (Å²) in [5.74, 6) is 0.611. The van der Waals surface area contributed by atoms with Crippen LogP contribution in [0.4, 0.5) is 5.69 Å². The number of nitro benzene ring substituents is 1. The van der Waals surface area contributed by atoms with Crippen molar-refractivity contribution >= 4 is 43.6 Å². The Morgan fingerprint density at radius 1 is 0.608 bits per heavy atom. The van der Waals surface area contributed by atoms with E-state index in [-0.39, 0.29) is 37.2 Å². The Hall–Kier alpha value is -5.45. The van der Waals surface area contributed by atoms with Crippen molar-refractivity contribution in [3.05, 3.63) is 172 Å². The van der Waals surface area contributed by atoms with Crippen LogP contribution in [0.25, 0.3) is 0 Å². The largest absolute Gasteiger partial charge is 0.477 e. The number of nitrogens with one attached hydrogen (secondary N) is 1. The Morgan fingerprint density at radius 3 is 1.31 bits per heavy atom. The second kappa shape index (κ2) is 39.0. The smallest absolute Gasteiger partial charge is 0.464 e. The lowest BCUT2D eigenvalue weighted by molar-refractivity contribution is -0.384. The number of para-hydroxylation sites is 1. The summed E-state index contributed by atoms with van der Waals surface area (Å²) in [7, 11) is -3.77. The molecule has 0 saturated heterocycles. The molecule has 4 N–H and O–H groups in total. The minimum Gasteiger partial charge on any atom is -0.464 e. The van der Waals surface area contributed by atoms with Gasteiger partial charge in [-0.15, -0.1) is 0 Å². The third-order valence-corrected chi connectivity index (χ3v) is 13.1. The Morgan fingerprint density at radius 2 is 0.973 bits per heavy atom. The van der Waals surface area contributed by atoms with Crippen LogP contribution in [-0.4, -0.2) is 47.4 Å². The highest BCUT2D eigenvalue weighted by atomic mass is 35.7. The number of nitrogens with zero attached hydrogens (tertiary/aromatic N) is 1. The Bertz CT molecular complexity index is 2290. The molecule has 0 amide bonds. The number of rotatable bonds is 25. The first-order valence-corrected chi connectivity index (χ1v) is 28.5. The predicted octanol–water partition coefficient (Wildman–Crippen LogP) is 14.3. The molecule has 74 heavy (non-hydrogen) atoms. The van der Waals surface area contributed by atoms with Gasteiger partial charge in [0, 0.05) is 23.4 Å². The van der Waals surface area contributed by atoms with Crippen molar-refractivity contribution < 1.29 is 61.4 Å². The molecule has 0 aliphatic heterocycles. The summed E-state index contributed by atoms with van der Waals surface area (Å²) in [4.78, 5) is 37.2. The molecule has 0 bridgehead atoms. The Balaban J connectivity index is 0.000000535. The fourth-order valence-corrected chi connectivity index (χ4v) is 8.12. The molecule has 0 aliphatic rings. The van der Waals surface area contributed by atoms with Crippen molar-refractivity contribution in [1.29, 1.82) is 0 Å². The van der Waals surface area contributed by atoms with Crippen LogP contribution in [0.15, 0.2) is 146 Å². The molecule has 0 aliphatic carbocycles. The van der Waals surface area contributed by atoms with E-state index in [1.165, 1.54) is 30.7 Å². The number of non-ortho nitro benzene ring substituents is 1. The third-order valence-electron chi connectivity index (χ3n) is 10.1. The van der Waals surface area contributed by atoms with Gasteiger partial charge >= 0.3 is 26.6 Å². The van der Waals surface area contributed by atoms with Crippen LogP contribution in [0.5, 0.6) is 11.5 Å². The zero-order valence-corrected chi connectivity index (χ0v) is 46.3. The van der Waals surface area contributed by atoms with Gasteiger partial charge in [-0.05, 0) is 66.6 Å². The Kier molecular flexibility index (Phi) is 35.1. The fourth-order valence-electron chi connectivity index (χ4n) is 5.56. The molecular weight excluding hydrogens is 1010 g/mol. The number of esters is 2. The zero-order valence-electron chi connectivity index (χ0n) is 43.8. The van der Waals surface area contributed by atoms with E-state index in [2.05, 4.69) is 51.5 Å². The van der Waals surface area contributed by atoms with Gasteiger partial charge in [0.25, 0.3) is 5.69 Å². The van der Waals surface area contributed by atoms with Crippen LogP contribution in [0.3, 0.4) is 0 Å². The quantitative estimate of drug-likeness (QED) is 0.0162.